The van der Waals surface area contributed by atoms with Gasteiger partial charge < -0.3 is 5.32 Å². The lowest BCUT2D eigenvalue weighted by molar-refractivity contribution is 0.340. The molecule has 0 aromatic heterocycles. The molecule has 2 atom stereocenters. The molecule has 0 aliphatic carbocycles. The molecule has 0 saturated carbocycles. The molecule has 0 radical (unpaired) electrons. The molecule has 0 saturated heterocycles. The first-order chi connectivity index (χ1) is 6.22. The van der Waals surface area contributed by atoms with Crippen LogP contribution in [0, 0.1) is 11.8 Å². The Kier molecular flexibility index (Phi) is 8.53. The van der Waals surface area contributed by atoms with Crippen LogP contribution in [0.25, 0.3) is 0 Å². The van der Waals surface area contributed by atoms with E-state index in [2.05, 4.69) is 33.0 Å². The van der Waals surface area contributed by atoms with Crippen LogP contribution in [0.2, 0.25) is 0 Å². The van der Waals surface area contributed by atoms with Crippen molar-refractivity contribution in [3.05, 3.63) is 0 Å². The molecule has 0 aromatic carbocycles. The number of nitrogens with one attached hydrogen (secondary N) is 1. The van der Waals surface area contributed by atoms with Crippen LogP contribution in [-0.2, 0) is 0 Å². The van der Waals surface area contributed by atoms with Crippen molar-refractivity contribution in [1.29, 1.82) is 0 Å². The van der Waals surface area contributed by atoms with E-state index >= 15 is 0 Å². The van der Waals surface area contributed by atoms with Gasteiger partial charge in [0.1, 0.15) is 0 Å². The molecule has 0 fully saturated rings. The molecular weight excluding hydrogens is 158 g/mol. The second-order valence-electron chi connectivity index (χ2n) is 4.30. The van der Waals surface area contributed by atoms with Crippen LogP contribution in [0.5, 0.6) is 0 Å². The van der Waals surface area contributed by atoms with E-state index in [9.17, 15) is 0 Å². The smallest absolute Gasteiger partial charge is 0.00206 e. The Hall–Kier alpha value is -0.0400. The fourth-order valence-electron chi connectivity index (χ4n) is 1.52. The third-order valence-corrected chi connectivity index (χ3v) is 2.88. The van der Waals surface area contributed by atoms with Gasteiger partial charge in [-0.25, -0.2) is 0 Å². The standard InChI is InChI=1S/C12H27N/c1-5-7-8-11(3)12(4)10-13-9-6-2/h11-13H,5-10H2,1-4H3. The quantitative estimate of drug-likeness (QED) is 0.571. The Balaban J connectivity index is 3.38. The van der Waals surface area contributed by atoms with Gasteiger partial charge in [0.15, 0.2) is 0 Å². The summed E-state index contributed by atoms with van der Waals surface area (Å²) in [5, 5.41) is 3.49. The first-order valence-corrected chi connectivity index (χ1v) is 5.93. The Bertz CT molecular complexity index is 101. The summed E-state index contributed by atoms with van der Waals surface area (Å²) in [7, 11) is 0. The maximum Gasteiger partial charge on any atom is -0.00206 e. The summed E-state index contributed by atoms with van der Waals surface area (Å²) in [6, 6.07) is 0. The molecular formula is C12H27N. The maximum atomic E-state index is 3.49. The molecule has 1 nitrogen and oxygen atoms in total. The van der Waals surface area contributed by atoms with Gasteiger partial charge in [-0.1, -0.05) is 47.0 Å². The van der Waals surface area contributed by atoms with Gasteiger partial charge in [0.05, 0.1) is 0 Å². The zero-order chi connectivity index (χ0) is 10.1. The van der Waals surface area contributed by atoms with Crippen LogP contribution in [0.3, 0.4) is 0 Å². The summed E-state index contributed by atoms with van der Waals surface area (Å²) in [5.41, 5.74) is 0. The third-order valence-electron chi connectivity index (χ3n) is 2.88. The molecule has 0 bridgehead atoms. The second-order valence-corrected chi connectivity index (χ2v) is 4.30. The summed E-state index contributed by atoms with van der Waals surface area (Å²) in [5.74, 6) is 1.71. The van der Waals surface area contributed by atoms with Crippen molar-refractivity contribution >= 4 is 0 Å². The first-order valence-electron chi connectivity index (χ1n) is 5.93. The average Bonchev–Trinajstić information content (AvgIpc) is 2.14. The first kappa shape index (κ1) is 13.0. The zero-order valence-corrected chi connectivity index (χ0v) is 9.90. The molecule has 1 heteroatoms. The highest BCUT2D eigenvalue weighted by Crippen LogP contribution is 2.16. The summed E-state index contributed by atoms with van der Waals surface area (Å²) in [6.07, 6.45) is 5.36. The van der Waals surface area contributed by atoms with E-state index in [0.717, 1.165) is 11.8 Å². The highest BCUT2D eigenvalue weighted by Gasteiger charge is 2.10. The molecule has 0 rings (SSSR count). The number of hydrogen-bond acceptors (Lipinski definition) is 1. The normalized spacial score (nSPS) is 15.7. The predicted octanol–water partition coefficient (Wildman–Crippen LogP) is 3.45. The predicted molar refractivity (Wildman–Crippen MR) is 61.0 cm³/mol. The second kappa shape index (κ2) is 8.55. The van der Waals surface area contributed by atoms with Crippen LogP contribution >= 0.6 is 0 Å². The Morgan fingerprint density at radius 3 is 2.23 bits per heavy atom. The molecule has 13 heavy (non-hydrogen) atoms. The van der Waals surface area contributed by atoms with Crippen LogP contribution in [0.1, 0.15) is 53.4 Å². The van der Waals surface area contributed by atoms with Gasteiger partial charge in [-0.3, -0.25) is 0 Å². The van der Waals surface area contributed by atoms with E-state index in [0.29, 0.717) is 0 Å². The summed E-state index contributed by atoms with van der Waals surface area (Å²) in [4.78, 5) is 0. The fraction of sp³-hybridized carbons (Fsp3) is 1.00. The van der Waals surface area contributed by atoms with E-state index in [1.165, 1.54) is 38.8 Å². The molecule has 0 amide bonds. The third kappa shape index (κ3) is 7.06. The van der Waals surface area contributed by atoms with Gasteiger partial charge in [-0.2, -0.15) is 0 Å². The Morgan fingerprint density at radius 1 is 1.00 bits per heavy atom. The molecule has 1 N–H and O–H groups in total. The molecule has 0 aromatic rings. The van der Waals surface area contributed by atoms with Gasteiger partial charge in [-0.15, -0.1) is 0 Å². The van der Waals surface area contributed by atoms with Crippen molar-refractivity contribution in [2.24, 2.45) is 11.8 Å². The minimum absolute atomic E-state index is 0.832. The van der Waals surface area contributed by atoms with E-state index in [-0.39, 0.29) is 0 Å². The van der Waals surface area contributed by atoms with Crippen molar-refractivity contribution < 1.29 is 0 Å². The fourth-order valence-corrected chi connectivity index (χ4v) is 1.52. The average molecular weight is 185 g/mol. The van der Waals surface area contributed by atoms with Crippen LogP contribution in [0.4, 0.5) is 0 Å². The monoisotopic (exact) mass is 185 g/mol. The SMILES string of the molecule is CCCCC(C)C(C)CNCCC. The van der Waals surface area contributed by atoms with Crippen molar-refractivity contribution in [2.75, 3.05) is 13.1 Å². The zero-order valence-electron chi connectivity index (χ0n) is 9.90. The minimum Gasteiger partial charge on any atom is -0.316 e. The topological polar surface area (TPSA) is 12.0 Å². The lowest BCUT2D eigenvalue weighted by Gasteiger charge is -2.19. The van der Waals surface area contributed by atoms with Gasteiger partial charge in [-0.05, 0) is 31.3 Å². The van der Waals surface area contributed by atoms with Gasteiger partial charge >= 0.3 is 0 Å². The van der Waals surface area contributed by atoms with Crippen molar-refractivity contribution in [3.8, 4) is 0 Å². The molecule has 0 aliphatic heterocycles. The lowest BCUT2D eigenvalue weighted by atomic mass is 9.91. The van der Waals surface area contributed by atoms with E-state index in [4.69, 9.17) is 0 Å². The van der Waals surface area contributed by atoms with E-state index in [1.54, 1.807) is 0 Å². The van der Waals surface area contributed by atoms with Crippen LogP contribution in [-0.4, -0.2) is 13.1 Å². The number of hydrogen-bond donors (Lipinski definition) is 1. The van der Waals surface area contributed by atoms with Crippen molar-refractivity contribution in [2.45, 2.75) is 53.4 Å². The molecule has 2 unspecified atom stereocenters. The highest BCUT2D eigenvalue weighted by molar-refractivity contribution is 4.64. The van der Waals surface area contributed by atoms with Crippen molar-refractivity contribution in [3.63, 3.8) is 0 Å². The lowest BCUT2D eigenvalue weighted by Crippen LogP contribution is -2.25. The largest absolute Gasteiger partial charge is 0.316 e. The summed E-state index contributed by atoms with van der Waals surface area (Å²) < 4.78 is 0. The molecule has 0 heterocycles. The van der Waals surface area contributed by atoms with Crippen molar-refractivity contribution in [1.82, 2.24) is 5.32 Å². The molecule has 0 aliphatic rings. The number of unbranched alkanes of at least 4 members (excludes halogenated alkanes) is 1. The van der Waals surface area contributed by atoms with Gasteiger partial charge in [0, 0.05) is 0 Å². The summed E-state index contributed by atoms with van der Waals surface area (Å²) >= 11 is 0. The van der Waals surface area contributed by atoms with Crippen LogP contribution in [0.15, 0.2) is 0 Å². The van der Waals surface area contributed by atoms with Gasteiger partial charge in [0.2, 0.25) is 0 Å². The van der Waals surface area contributed by atoms with E-state index in [1.807, 2.05) is 0 Å². The Labute approximate surface area is 84.3 Å². The molecule has 0 spiro atoms. The highest BCUT2D eigenvalue weighted by atomic mass is 14.8. The van der Waals surface area contributed by atoms with Crippen LogP contribution < -0.4 is 5.32 Å². The Morgan fingerprint density at radius 2 is 1.69 bits per heavy atom. The minimum atomic E-state index is 0.832. The van der Waals surface area contributed by atoms with Gasteiger partial charge in [0.25, 0.3) is 0 Å². The maximum absolute atomic E-state index is 3.49. The molecule has 80 valence electrons. The number of rotatable bonds is 8. The summed E-state index contributed by atoms with van der Waals surface area (Å²) in [6.45, 7) is 11.6. The van der Waals surface area contributed by atoms with E-state index < -0.39 is 0 Å².